The molecule has 7 heteroatoms. The van der Waals surface area contributed by atoms with E-state index in [4.69, 9.17) is 0 Å². The van der Waals surface area contributed by atoms with Crippen LogP contribution in [0.25, 0.3) is 21.5 Å². The minimum absolute atomic E-state index is 0.244. The molecule has 0 bridgehead atoms. The van der Waals surface area contributed by atoms with E-state index in [1.54, 1.807) is 35.2 Å². The van der Waals surface area contributed by atoms with Crippen molar-refractivity contribution in [1.82, 2.24) is 9.97 Å². The second-order valence-corrected chi connectivity index (χ2v) is 7.73. The van der Waals surface area contributed by atoms with Crippen LogP contribution in [-0.4, -0.2) is 16.2 Å². The molecule has 2 heterocycles. The van der Waals surface area contributed by atoms with Crippen molar-refractivity contribution >= 4 is 54.9 Å². The Morgan fingerprint density at radius 3 is 2.67 bits per heavy atom. The second-order valence-electron chi connectivity index (χ2n) is 5.00. The van der Waals surface area contributed by atoms with E-state index in [9.17, 15) is 4.39 Å². The van der Waals surface area contributed by atoms with Crippen LogP contribution in [0.5, 0.6) is 0 Å². The highest BCUT2D eigenvalue weighted by Gasteiger charge is 2.10. The highest BCUT2D eigenvalue weighted by molar-refractivity contribution is 7.98. The minimum atomic E-state index is -0.244. The number of benzene rings is 2. The number of thiazole rings is 2. The molecule has 4 rings (SSSR count). The summed E-state index contributed by atoms with van der Waals surface area (Å²) in [7, 11) is 0. The van der Waals surface area contributed by atoms with Crippen molar-refractivity contribution in [3.63, 3.8) is 0 Å². The Balaban J connectivity index is 1.61. The molecular formula is C17H12FN3S3. The van der Waals surface area contributed by atoms with Gasteiger partial charge in [-0.3, -0.25) is 0 Å². The zero-order valence-electron chi connectivity index (χ0n) is 12.6. The number of halogens is 1. The molecule has 0 amide bonds. The first-order chi connectivity index (χ1) is 11.7. The molecule has 3 nitrogen and oxygen atoms in total. The van der Waals surface area contributed by atoms with Crippen LogP contribution in [0.3, 0.4) is 0 Å². The normalized spacial score (nSPS) is 11.1. The molecule has 0 aliphatic heterocycles. The molecular weight excluding hydrogens is 361 g/mol. The number of anilines is 2. The molecule has 0 aliphatic carbocycles. The number of hydrogen-bond donors (Lipinski definition) is 1. The van der Waals surface area contributed by atoms with Gasteiger partial charge in [0.05, 0.1) is 15.9 Å². The van der Waals surface area contributed by atoms with Crippen molar-refractivity contribution in [3.8, 4) is 11.3 Å². The Labute approximate surface area is 150 Å². The van der Waals surface area contributed by atoms with Gasteiger partial charge in [-0.25, -0.2) is 14.4 Å². The Morgan fingerprint density at radius 1 is 1.04 bits per heavy atom. The Bertz CT molecular complexity index is 992. The molecule has 0 aliphatic rings. The number of fused-ring (bicyclic) bond motifs is 1. The lowest BCUT2D eigenvalue weighted by atomic mass is 10.2. The second kappa shape index (κ2) is 6.51. The summed E-state index contributed by atoms with van der Waals surface area (Å²) in [5.41, 5.74) is 2.75. The molecule has 0 atom stereocenters. The third-order valence-corrected chi connectivity index (χ3v) is 5.92. The highest BCUT2D eigenvalue weighted by atomic mass is 32.2. The Kier molecular flexibility index (Phi) is 4.22. The first-order valence-corrected chi connectivity index (χ1v) is 10.1. The van der Waals surface area contributed by atoms with Crippen molar-refractivity contribution in [2.24, 2.45) is 0 Å². The van der Waals surface area contributed by atoms with Crippen LogP contribution in [0, 0.1) is 5.82 Å². The highest BCUT2D eigenvalue weighted by Crippen LogP contribution is 2.34. The fraction of sp³-hybridized carbons (Fsp3) is 0.0588. The van der Waals surface area contributed by atoms with Crippen LogP contribution in [-0.2, 0) is 0 Å². The maximum absolute atomic E-state index is 13.0. The van der Waals surface area contributed by atoms with Gasteiger partial charge in [-0.2, -0.15) is 0 Å². The molecule has 120 valence electrons. The van der Waals surface area contributed by atoms with E-state index in [0.29, 0.717) is 0 Å². The molecule has 0 unspecified atom stereocenters. The van der Waals surface area contributed by atoms with E-state index in [-0.39, 0.29) is 5.82 Å². The number of nitrogens with zero attached hydrogens (tertiary/aromatic N) is 2. The van der Waals surface area contributed by atoms with Crippen LogP contribution in [0.15, 0.2) is 52.7 Å². The van der Waals surface area contributed by atoms with Crippen LogP contribution in [0.1, 0.15) is 0 Å². The summed E-state index contributed by atoms with van der Waals surface area (Å²) < 4.78 is 14.2. The van der Waals surface area contributed by atoms with Gasteiger partial charge in [-0.15, -0.1) is 23.1 Å². The SMILES string of the molecule is CSc1cccc2sc(Nc3nc(-c4ccc(F)cc4)cs3)nc12. The molecule has 2 aromatic heterocycles. The first-order valence-electron chi connectivity index (χ1n) is 7.15. The monoisotopic (exact) mass is 373 g/mol. The molecule has 4 aromatic rings. The summed E-state index contributed by atoms with van der Waals surface area (Å²) in [5, 5.41) is 6.83. The zero-order valence-corrected chi connectivity index (χ0v) is 15.1. The molecule has 0 spiro atoms. The van der Waals surface area contributed by atoms with E-state index in [0.717, 1.165) is 31.7 Å². The van der Waals surface area contributed by atoms with Gasteiger partial charge < -0.3 is 5.32 Å². The molecule has 1 N–H and O–H groups in total. The quantitative estimate of drug-likeness (QED) is 0.444. The molecule has 0 saturated heterocycles. The molecule has 0 fully saturated rings. The van der Waals surface area contributed by atoms with Gasteiger partial charge in [0, 0.05) is 15.8 Å². The van der Waals surface area contributed by atoms with Crippen LogP contribution < -0.4 is 5.32 Å². The fourth-order valence-corrected chi connectivity index (χ4v) is 4.62. The lowest BCUT2D eigenvalue weighted by Gasteiger charge is -1.97. The van der Waals surface area contributed by atoms with Crippen molar-refractivity contribution in [2.75, 3.05) is 11.6 Å². The van der Waals surface area contributed by atoms with E-state index in [2.05, 4.69) is 33.7 Å². The average molecular weight is 374 g/mol. The Morgan fingerprint density at radius 2 is 1.88 bits per heavy atom. The topological polar surface area (TPSA) is 37.8 Å². The van der Waals surface area contributed by atoms with Crippen molar-refractivity contribution in [3.05, 3.63) is 53.7 Å². The lowest BCUT2D eigenvalue weighted by Crippen LogP contribution is -1.88. The van der Waals surface area contributed by atoms with E-state index in [1.807, 2.05) is 11.4 Å². The Hall–Kier alpha value is -1.96. The van der Waals surface area contributed by atoms with E-state index < -0.39 is 0 Å². The van der Waals surface area contributed by atoms with E-state index in [1.165, 1.54) is 28.4 Å². The maximum atomic E-state index is 13.0. The predicted molar refractivity (Wildman–Crippen MR) is 102 cm³/mol. The summed E-state index contributed by atoms with van der Waals surface area (Å²) in [6.45, 7) is 0. The van der Waals surface area contributed by atoms with Gasteiger partial charge in [-0.05, 0) is 42.7 Å². The zero-order chi connectivity index (χ0) is 16.5. The van der Waals surface area contributed by atoms with Gasteiger partial charge >= 0.3 is 0 Å². The van der Waals surface area contributed by atoms with Crippen LogP contribution in [0.2, 0.25) is 0 Å². The average Bonchev–Trinajstić information content (AvgIpc) is 3.22. The van der Waals surface area contributed by atoms with Crippen molar-refractivity contribution < 1.29 is 4.39 Å². The maximum Gasteiger partial charge on any atom is 0.190 e. The van der Waals surface area contributed by atoms with Crippen molar-refractivity contribution in [1.29, 1.82) is 0 Å². The van der Waals surface area contributed by atoms with Gasteiger partial charge in [0.2, 0.25) is 0 Å². The smallest absolute Gasteiger partial charge is 0.190 e. The van der Waals surface area contributed by atoms with Crippen LogP contribution in [0.4, 0.5) is 14.7 Å². The van der Waals surface area contributed by atoms with Gasteiger partial charge in [0.25, 0.3) is 0 Å². The molecule has 0 radical (unpaired) electrons. The number of aromatic nitrogens is 2. The number of hydrogen-bond acceptors (Lipinski definition) is 6. The summed E-state index contributed by atoms with van der Waals surface area (Å²) in [5.74, 6) is -0.244. The van der Waals surface area contributed by atoms with Crippen molar-refractivity contribution in [2.45, 2.75) is 4.90 Å². The summed E-state index contributed by atoms with van der Waals surface area (Å²) >= 11 is 4.81. The number of nitrogens with one attached hydrogen (secondary N) is 1. The summed E-state index contributed by atoms with van der Waals surface area (Å²) in [4.78, 5) is 10.4. The molecule has 0 saturated carbocycles. The fourth-order valence-electron chi connectivity index (χ4n) is 2.32. The summed E-state index contributed by atoms with van der Waals surface area (Å²) in [6, 6.07) is 12.5. The molecule has 2 aromatic carbocycles. The third-order valence-electron chi connectivity index (χ3n) is 3.46. The minimum Gasteiger partial charge on any atom is -0.307 e. The lowest BCUT2D eigenvalue weighted by molar-refractivity contribution is 0.628. The standard InChI is InChI=1S/C17H12FN3S3/c1-22-13-3-2-4-14-15(13)20-17(24-14)21-16-19-12(9-23-16)10-5-7-11(18)8-6-10/h2-9H,1H3,(H,19,20,21). The largest absolute Gasteiger partial charge is 0.307 e. The molecule has 24 heavy (non-hydrogen) atoms. The number of para-hydroxylation sites is 1. The predicted octanol–water partition coefficient (Wildman–Crippen LogP) is 6.02. The number of rotatable bonds is 4. The number of thioether (sulfide) groups is 1. The van der Waals surface area contributed by atoms with Crippen LogP contribution >= 0.6 is 34.4 Å². The van der Waals surface area contributed by atoms with E-state index >= 15 is 0 Å². The third kappa shape index (κ3) is 3.02. The van der Waals surface area contributed by atoms with Gasteiger partial charge in [0.1, 0.15) is 5.82 Å². The first kappa shape index (κ1) is 15.6. The van der Waals surface area contributed by atoms with Gasteiger partial charge in [-0.1, -0.05) is 17.4 Å². The summed E-state index contributed by atoms with van der Waals surface area (Å²) in [6.07, 6.45) is 2.05. The van der Waals surface area contributed by atoms with Gasteiger partial charge in [0.15, 0.2) is 10.3 Å².